The molecule has 1 atom stereocenters. The lowest BCUT2D eigenvalue weighted by molar-refractivity contribution is -0.143. The fraction of sp³-hybridized carbons (Fsp3) is 0.400. The summed E-state index contributed by atoms with van der Waals surface area (Å²) in [7, 11) is 0. The zero-order valence-corrected chi connectivity index (χ0v) is 12.9. The van der Waals surface area contributed by atoms with Crippen molar-refractivity contribution in [3.05, 3.63) is 39.4 Å². The molecule has 1 aromatic heterocycles. The Balaban J connectivity index is 2.31. The van der Waals surface area contributed by atoms with Crippen LogP contribution in [0.2, 0.25) is 0 Å². The van der Waals surface area contributed by atoms with Crippen molar-refractivity contribution < 1.29 is 9.53 Å². The van der Waals surface area contributed by atoms with Crippen LogP contribution in [-0.2, 0) is 9.53 Å². The van der Waals surface area contributed by atoms with Crippen LogP contribution in [0.5, 0.6) is 0 Å². The smallest absolute Gasteiger partial charge is 0.305 e. The van der Waals surface area contributed by atoms with E-state index in [9.17, 15) is 9.59 Å². The highest BCUT2D eigenvalue weighted by Gasteiger charge is 2.13. The Hall–Kier alpha value is -1.95. The highest BCUT2D eigenvalue weighted by atomic mass is 32.1. The van der Waals surface area contributed by atoms with E-state index in [2.05, 4.69) is 4.98 Å². The lowest BCUT2D eigenvalue weighted by Crippen LogP contribution is -2.25. The molecule has 1 N–H and O–H groups in total. The average molecular weight is 306 g/mol. The van der Waals surface area contributed by atoms with Gasteiger partial charge >= 0.3 is 5.97 Å². The minimum Gasteiger partial charge on any atom is -0.466 e. The van der Waals surface area contributed by atoms with Crippen LogP contribution in [0.15, 0.2) is 29.1 Å². The summed E-state index contributed by atoms with van der Waals surface area (Å²) in [5.41, 5.74) is 0.590. The largest absolute Gasteiger partial charge is 0.466 e. The van der Waals surface area contributed by atoms with Gasteiger partial charge in [0.25, 0.3) is 5.56 Å². The molecule has 2 aromatic rings. The van der Waals surface area contributed by atoms with Crippen molar-refractivity contribution in [2.24, 2.45) is 0 Å². The third-order valence-electron chi connectivity index (χ3n) is 3.35. The number of hydrogen-bond donors (Lipinski definition) is 1. The maximum absolute atomic E-state index is 12.5. The fourth-order valence-electron chi connectivity index (χ4n) is 2.27. The number of hydrogen-bond acceptors (Lipinski definition) is 4. The summed E-state index contributed by atoms with van der Waals surface area (Å²) >= 11 is 5.27. The molecule has 21 heavy (non-hydrogen) atoms. The molecule has 0 amide bonds. The van der Waals surface area contributed by atoms with E-state index in [0.717, 1.165) is 5.52 Å². The predicted molar refractivity (Wildman–Crippen MR) is 84.0 cm³/mol. The molecule has 6 heteroatoms. The third-order valence-corrected chi connectivity index (χ3v) is 3.65. The number of nitrogens with one attached hydrogen (secondary N) is 1. The highest BCUT2D eigenvalue weighted by molar-refractivity contribution is 7.71. The summed E-state index contributed by atoms with van der Waals surface area (Å²) < 4.78 is 6.79. The molecule has 0 aliphatic rings. The Kier molecular flexibility index (Phi) is 4.90. The fourth-order valence-corrected chi connectivity index (χ4v) is 2.64. The number of nitrogens with zero attached hydrogens (tertiary/aromatic N) is 1. The van der Waals surface area contributed by atoms with E-state index < -0.39 is 0 Å². The van der Waals surface area contributed by atoms with Gasteiger partial charge in [-0.25, -0.2) is 0 Å². The molecule has 0 spiro atoms. The van der Waals surface area contributed by atoms with Crippen LogP contribution < -0.4 is 5.56 Å². The molecule has 0 radical (unpaired) electrons. The first kappa shape index (κ1) is 15.4. The Morgan fingerprint density at radius 1 is 1.43 bits per heavy atom. The van der Waals surface area contributed by atoms with Gasteiger partial charge in [-0.2, -0.15) is 0 Å². The van der Waals surface area contributed by atoms with E-state index in [1.807, 2.05) is 25.1 Å². The SMILES string of the molecule is CCOC(=O)CCC(C)n1c(=S)[nH]c2ccccc2c1=O. The van der Waals surface area contributed by atoms with Crippen molar-refractivity contribution in [1.29, 1.82) is 0 Å². The Morgan fingerprint density at radius 3 is 2.86 bits per heavy atom. The maximum Gasteiger partial charge on any atom is 0.305 e. The normalized spacial score (nSPS) is 12.3. The first-order valence-corrected chi connectivity index (χ1v) is 7.34. The van der Waals surface area contributed by atoms with Gasteiger partial charge in [0, 0.05) is 12.5 Å². The van der Waals surface area contributed by atoms with Gasteiger partial charge in [0.15, 0.2) is 4.77 Å². The molecule has 2 rings (SSSR count). The Morgan fingerprint density at radius 2 is 2.14 bits per heavy atom. The van der Waals surface area contributed by atoms with Crippen LogP contribution >= 0.6 is 12.2 Å². The standard InChI is InChI=1S/C15H18N2O3S/c1-3-20-13(18)9-8-10(2)17-14(19)11-6-4-5-7-12(11)16-15(17)21/h4-7,10H,3,8-9H2,1-2H3,(H,16,21). The minimum absolute atomic E-state index is 0.134. The number of ether oxygens (including phenoxy) is 1. The second-order valence-electron chi connectivity index (χ2n) is 4.84. The number of carbonyl (C=O) groups is 1. The van der Waals surface area contributed by atoms with Crippen LogP contribution in [-0.4, -0.2) is 22.1 Å². The van der Waals surface area contributed by atoms with E-state index in [1.165, 1.54) is 4.57 Å². The Bertz CT molecular complexity index is 763. The van der Waals surface area contributed by atoms with Gasteiger partial charge in [0.05, 0.1) is 17.5 Å². The van der Waals surface area contributed by atoms with Gasteiger partial charge in [-0.15, -0.1) is 0 Å². The molecule has 0 fully saturated rings. The predicted octanol–water partition coefficient (Wildman–Crippen LogP) is 2.96. The number of esters is 1. The molecule has 112 valence electrons. The average Bonchev–Trinajstić information content (AvgIpc) is 2.45. The van der Waals surface area contributed by atoms with E-state index in [0.29, 0.717) is 23.2 Å². The lowest BCUT2D eigenvalue weighted by Gasteiger charge is -2.15. The summed E-state index contributed by atoms with van der Waals surface area (Å²) in [4.78, 5) is 27.0. The van der Waals surface area contributed by atoms with Gasteiger partial charge in [-0.3, -0.25) is 14.2 Å². The van der Waals surface area contributed by atoms with Crippen LogP contribution in [0.25, 0.3) is 10.9 Å². The number of aromatic nitrogens is 2. The second-order valence-corrected chi connectivity index (χ2v) is 5.23. The van der Waals surface area contributed by atoms with Crippen LogP contribution in [0.4, 0.5) is 0 Å². The molecule has 1 aromatic carbocycles. The summed E-state index contributed by atoms with van der Waals surface area (Å²) in [5.74, 6) is -0.256. The first-order valence-electron chi connectivity index (χ1n) is 6.93. The van der Waals surface area contributed by atoms with E-state index in [1.54, 1.807) is 13.0 Å². The maximum atomic E-state index is 12.5. The molecule has 5 nitrogen and oxygen atoms in total. The summed E-state index contributed by atoms with van der Waals surface area (Å²) in [6.45, 7) is 4.01. The van der Waals surface area contributed by atoms with Crippen molar-refractivity contribution in [2.45, 2.75) is 32.7 Å². The number of aromatic amines is 1. The first-order chi connectivity index (χ1) is 10.0. The van der Waals surface area contributed by atoms with Gasteiger partial charge in [0.2, 0.25) is 0 Å². The zero-order valence-electron chi connectivity index (χ0n) is 12.1. The minimum atomic E-state index is -0.256. The second kappa shape index (κ2) is 6.67. The van der Waals surface area contributed by atoms with E-state index in [4.69, 9.17) is 17.0 Å². The summed E-state index contributed by atoms with van der Waals surface area (Å²) in [5, 5.41) is 0.592. The van der Waals surface area contributed by atoms with Gasteiger partial charge < -0.3 is 9.72 Å². The molecular formula is C15H18N2O3S. The van der Waals surface area contributed by atoms with Crippen molar-refractivity contribution >= 4 is 29.1 Å². The number of carbonyl (C=O) groups excluding carboxylic acids is 1. The van der Waals surface area contributed by atoms with Crippen molar-refractivity contribution in [3.8, 4) is 0 Å². The molecule has 1 heterocycles. The van der Waals surface area contributed by atoms with Gasteiger partial charge in [-0.05, 0) is 44.6 Å². The molecule has 1 unspecified atom stereocenters. The lowest BCUT2D eigenvalue weighted by atomic mass is 10.1. The molecule has 0 saturated heterocycles. The molecule has 0 saturated carbocycles. The molecule has 0 aliphatic carbocycles. The quantitative estimate of drug-likeness (QED) is 0.681. The van der Waals surface area contributed by atoms with Crippen LogP contribution in [0.3, 0.4) is 0 Å². The van der Waals surface area contributed by atoms with Crippen molar-refractivity contribution in [1.82, 2.24) is 9.55 Å². The van der Waals surface area contributed by atoms with Crippen LogP contribution in [0.1, 0.15) is 32.7 Å². The van der Waals surface area contributed by atoms with Gasteiger partial charge in [0.1, 0.15) is 0 Å². The zero-order chi connectivity index (χ0) is 15.4. The number of rotatable bonds is 5. The molecule has 0 bridgehead atoms. The number of para-hydroxylation sites is 1. The number of benzene rings is 1. The van der Waals surface area contributed by atoms with Gasteiger partial charge in [-0.1, -0.05) is 12.1 Å². The van der Waals surface area contributed by atoms with Crippen molar-refractivity contribution in [3.63, 3.8) is 0 Å². The highest BCUT2D eigenvalue weighted by Crippen LogP contribution is 2.14. The molecular weight excluding hydrogens is 288 g/mol. The summed E-state index contributed by atoms with van der Waals surface area (Å²) in [6.07, 6.45) is 0.775. The van der Waals surface area contributed by atoms with Crippen LogP contribution in [0, 0.1) is 4.77 Å². The van der Waals surface area contributed by atoms with E-state index in [-0.39, 0.29) is 24.0 Å². The van der Waals surface area contributed by atoms with Crippen molar-refractivity contribution in [2.75, 3.05) is 6.61 Å². The number of H-pyrrole nitrogens is 1. The monoisotopic (exact) mass is 306 g/mol. The molecule has 0 aliphatic heterocycles. The number of fused-ring (bicyclic) bond motifs is 1. The summed E-state index contributed by atoms with van der Waals surface area (Å²) in [6, 6.07) is 7.07. The Labute approximate surface area is 127 Å². The third kappa shape index (κ3) is 3.39. The van der Waals surface area contributed by atoms with E-state index >= 15 is 0 Å². The topological polar surface area (TPSA) is 64.1 Å².